The Hall–Kier alpha value is -0.640. The van der Waals surface area contributed by atoms with Gasteiger partial charge in [-0.25, -0.2) is 0 Å². The van der Waals surface area contributed by atoms with Crippen molar-refractivity contribution in [1.29, 1.82) is 0 Å². The third-order valence-corrected chi connectivity index (χ3v) is 3.56. The van der Waals surface area contributed by atoms with Crippen molar-refractivity contribution < 1.29 is 0 Å². The second-order valence-corrected chi connectivity index (χ2v) is 4.41. The lowest BCUT2D eigenvalue weighted by Crippen LogP contribution is -2.34. The molecule has 2 rings (SSSR count). The molecule has 0 amide bonds. The summed E-state index contributed by atoms with van der Waals surface area (Å²) in [6.07, 6.45) is 2.96. The van der Waals surface area contributed by atoms with E-state index in [1.54, 1.807) is 6.20 Å². The van der Waals surface area contributed by atoms with E-state index in [9.17, 15) is 0 Å². The van der Waals surface area contributed by atoms with Crippen molar-refractivity contribution in [3.63, 3.8) is 0 Å². The fourth-order valence-electron chi connectivity index (χ4n) is 1.97. The molecule has 2 heterocycles. The van der Waals surface area contributed by atoms with Gasteiger partial charge in [0, 0.05) is 24.1 Å². The number of nitrogens with zero attached hydrogens (tertiary/aromatic N) is 3. The van der Waals surface area contributed by atoms with Crippen LogP contribution in [-0.2, 0) is 0 Å². The van der Waals surface area contributed by atoms with Crippen LogP contribution in [0.4, 0.5) is 5.82 Å². The molecule has 0 aromatic carbocycles. The van der Waals surface area contributed by atoms with E-state index >= 15 is 0 Å². The lowest BCUT2D eigenvalue weighted by Gasteiger charge is -2.25. The van der Waals surface area contributed by atoms with E-state index in [1.165, 1.54) is 6.42 Å². The molecule has 1 fully saturated rings. The molecule has 0 spiro atoms. The SMILES string of the molecule is CC1CCN(c2cccnn2)C1CBr. The summed E-state index contributed by atoms with van der Waals surface area (Å²) in [5.74, 6) is 1.73. The van der Waals surface area contributed by atoms with Crippen molar-refractivity contribution in [2.45, 2.75) is 19.4 Å². The highest BCUT2D eigenvalue weighted by Crippen LogP contribution is 2.28. The van der Waals surface area contributed by atoms with E-state index in [0.29, 0.717) is 6.04 Å². The predicted octanol–water partition coefficient (Wildman–Crippen LogP) is 2.09. The molecule has 1 saturated heterocycles. The van der Waals surface area contributed by atoms with Crippen LogP contribution in [0.15, 0.2) is 18.3 Å². The summed E-state index contributed by atoms with van der Waals surface area (Å²) in [5.41, 5.74) is 0. The summed E-state index contributed by atoms with van der Waals surface area (Å²) in [7, 11) is 0. The van der Waals surface area contributed by atoms with E-state index in [4.69, 9.17) is 0 Å². The number of rotatable bonds is 2. The molecule has 3 nitrogen and oxygen atoms in total. The lowest BCUT2D eigenvalue weighted by atomic mass is 10.1. The van der Waals surface area contributed by atoms with Gasteiger partial charge in [0.05, 0.1) is 0 Å². The van der Waals surface area contributed by atoms with Gasteiger partial charge in [0.15, 0.2) is 5.82 Å². The molecule has 2 unspecified atom stereocenters. The summed E-state index contributed by atoms with van der Waals surface area (Å²) in [6.45, 7) is 3.39. The lowest BCUT2D eigenvalue weighted by molar-refractivity contribution is 0.552. The standard InChI is InChI=1S/C10H14BrN3/c1-8-4-6-14(9(8)7-11)10-3-2-5-12-13-10/h2-3,5,8-9H,4,6-7H2,1H3. The van der Waals surface area contributed by atoms with Gasteiger partial charge in [0.25, 0.3) is 0 Å². The largest absolute Gasteiger partial charge is 0.351 e. The minimum atomic E-state index is 0.562. The molecule has 1 aliphatic heterocycles. The fraction of sp³-hybridized carbons (Fsp3) is 0.600. The maximum atomic E-state index is 4.15. The second kappa shape index (κ2) is 4.26. The zero-order chi connectivity index (χ0) is 9.97. The van der Waals surface area contributed by atoms with Crippen LogP contribution in [0.1, 0.15) is 13.3 Å². The molecule has 14 heavy (non-hydrogen) atoms. The first-order valence-electron chi connectivity index (χ1n) is 4.93. The minimum absolute atomic E-state index is 0.562. The average molecular weight is 256 g/mol. The summed E-state index contributed by atoms with van der Waals surface area (Å²) >= 11 is 3.56. The van der Waals surface area contributed by atoms with Gasteiger partial charge >= 0.3 is 0 Å². The molecule has 1 aromatic heterocycles. The summed E-state index contributed by atoms with van der Waals surface area (Å²) in [6, 6.07) is 4.53. The van der Waals surface area contributed by atoms with Gasteiger partial charge in [0.2, 0.25) is 0 Å². The predicted molar refractivity (Wildman–Crippen MR) is 60.7 cm³/mol. The first-order chi connectivity index (χ1) is 6.83. The number of hydrogen-bond acceptors (Lipinski definition) is 3. The Bertz CT molecular complexity index is 291. The molecule has 1 aliphatic rings. The van der Waals surface area contributed by atoms with Crippen LogP contribution in [0.5, 0.6) is 0 Å². The van der Waals surface area contributed by atoms with Gasteiger partial charge in [-0.2, -0.15) is 5.10 Å². The number of alkyl halides is 1. The molecule has 1 aromatic rings. The quantitative estimate of drug-likeness (QED) is 0.759. The molecule has 76 valence electrons. The maximum Gasteiger partial charge on any atom is 0.151 e. The van der Waals surface area contributed by atoms with Gasteiger partial charge < -0.3 is 4.90 Å². The zero-order valence-electron chi connectivity index (χ0n) is 8.23. The van der Waals surface area contributed by atoms with Crippen LogP contribution in [0.2, 0.25) is 0 Å². The van der Waals surface area contributed by atoms with Crippen molar-refractivity contribution in [2.75, 3.05) is 16.8 Å². The molecule has 0 radical (unpaired) electrons. The Morgan fingerprint density at radius 2 is 2.50 bits per heavy atom. The van der Waals surface area contributed by atoms with Crippen LogP contribution < -0.4 is 4.90 Å². The summed E-state index contributed by atoms with van der Waals surface area (Å²) in [5, 5.41) is 9.07. The number of hydrogen-bond donors (Lipinski definition) is 0. The molecular formula is C10H14BrN3. The second-order valence-electron chi connectivity index (χ2n) is 3.76. The van der Waals surface area contributed by atoms with Crippen molar-refractivity contribution in [1.82, 2.24) is 10.2 Å². The highest BCUT2D eigenvalue weighted by Gasteiger charge is 2.30. The Kier molecular flexibility index (Phi) is 3.01. The highest BCUT2D eigenvalue weighted by molar-refractivity contribution is 9.09. The van der Waals surface area contributed by atoms with Gasteiger partial charge in [-0.3, -0.25) is 0 Å². The topological polar surface area (TPSA) is 29.0 Å². The first-order valence-corrected chi connectivity index (χ1v) is 6.05. The van der Waals surface area contributed by atoms with E-state index in [-0.39, 0.29) is 0 Å². The van der Waals surface area contributed by atoms with Gasteiger partial charge in [0.1, 0.15) is 0 Å². The number of aromatic nitrogens is 2. The van der Waals surface area contributed by atoms with Crippen molar-refractivity contribution in [3.8, 4) is 0 Å². The average Bonchev–Trinajstić information content (AvgIpc) is 2.61. The van der Waals surface area contributed by atoms with Crippen LogP contribution in [0.25, 0.3) is 0 Å². The van der Waals surface area contributed by atoms with Gasteiger partial charge in [-0.15, -0.1) is 5.10 Å². The Morgan fingerprint density at radius 3 is 3.14 bits per heavy atom. The van der Waals surface area contributed by atoms with Crippen LogP contribution in [-0.4, -0.2) is 28.1 Å². The Morgan fingerprint density at radius 1 is 1.64 bits per heavy atom. The fourth-order valence-corrected chi connectivity index (χ4v) is 2.96. The monoisotopic (exact) mass is 255 g/mol. The summed E-state index contributed by atoms with van der Waals surface area (Å²) in [4.78, 5) is 2.34. The Labute approximate surface area is 92.7 Å². The molecule has 4 heteroatoms. The minimum Gasteiger partial charge on any atom is -0.351 e. The van der Waals surface area contributed by atoms with E-state index in [1.807, 2.05) is 12.1 Å². The molecule has 0 bridgehead atoms. The summed E-state index contributed by atoms with van der Waals surface area (Å²) < 4.78 is 0. The van der Waals surface area contributed by atoms with E-state index < -0.39 is 0 Å². The third-order valence-electron chi connectivity index (χ3n) is 2.89. The van der Waals surface area contributed by atoms with E-state index in [0.717, 1.165) is 23.6 Å². The van der Waals surface area contributed by atoms with Gasteiger partial charge in [-0.1, -0.05) is 22.9 Å². The van der Waals surface area contributed by atoms with Crippen molar-refractivity contribution >= 4 is 21.7 Å². The zero-order valence-corrected chi connectivity index (χ0v) is 9.81. The normalized spacial score (nSPS) is 26.9. The van der Waals surface area contributed by atoms with Crippen LogP contribution >= 0.6 is 15.9 Å². The van der Waals surface area contributed by atoms with Crippen LogP contribution in [0.3, 0.4) is 0 Å². The van der Waals surface area contributed by atoms with Crippen molar-refractivity contribution in [3.05, 3.63) is 18.3 Å². The smallest absolute Gasteiger partial charge is 0.151 e. The molecule has 2 atom stereocenters. The van der Waals surface area contributed by atoms with Crippen LogP contribution in [0, 0.1) is 5.92 Å². The molecule has 0 aliphatic carbocycles. The molecular weight excluding hydrogens is 242 g/mol. The maximum absolute atomic E-state index is 4.15. The Balaban J connectivity index is 2.19. The number of anilines is 1. The molecule has 0 N–H and O–H groups in total. The van der Waals surface area contributed by atoms with Gasteiger partial charge in [-0.05, 0) is 24.5 Å². The third kappa shape index (κ3) is 1.75. The van der Waals surface area contributed by atoms with Crippen molar-refractivity contribution in [2.24, 2.45) is 5.92 Å². The first kappa shape index (κ1) is 9.90. The highest BCUT2D eigenvalue weighted by atomic mass is 79.9. The van der Waals surface area contributed by atoms with E-state index in [2.05, 4.69) is 38.0 Å². The number of halogens is 1. The molecule has 0 saturated carbocycles.